The molecule has 1 aliphatic rings. The largest absolute Gasteiger partial charge is 0.492 e. The van der Waals surface area contributed by atoms with E-state index in [1.807, 2.05) is 52.1 Å². The van der Waals surface area contributed by atoms with Gasteiger partial charge in [0.05, 0.1) is 22.2 Å². The van der Waals surface area contributed by atoms with E-state index in [1.54, 1.807) is 6.20 Å². The second-order valence-electron chi connectivity index (χ2n) is 7.40. The molecule has 1 amide bonds. The van der Waals surface area contributed by atoms with Crippen LogP contribution < -0.4 is 5.32 Å². The maximum absolute atomic E-state index is 11.4. The molecule has 0 bridgehead atoms. The summed E-state index contributed by atoms with van der Waals surface area (Å²) in [4.78, 5) is 19.0. The predicted octanol–water partition coefficient (Wildman–Crippen LogP) is 2.71. The highest BCUT2D eigenvalue weighted by Gasteiger charge is 2.52. The van der Waals surface area contributed by atoms with E-state index in [9.17, 15) is 4.79 Å². The van der Waals surface area contributed by atoms with Crippen LogP contribution in [0.5, 0.6) is 0 Å². The van der Waals surface area contributed by atoms with E-state index in [1.165, 1.54) is 6.92 Å². The van der Waals surface area contributed by atoms with Crippen LogP contribution in [-0.4, -0.2) is 40.7 Å². The number of aromatic amines is 1. The van der Waals surface area contributed by atoms with Crippen molar-refractivity contribution in [2.24, 2.45) is 0 Å². The highest BCUT2D eigenvalue weighted by molar-refractivity contribution is 6.56. The van der Waals surface area contributed by atoms with Gasteiger partial charge in [0.15, 0.2) is 0 Å². The lowest BCUT2D eigenvalue weighted by Crippen LogP contribution is -2.41. The Labute approximate surface area is 148 Å². The zero-order valence-corrected chi connectivity index (χ0v) is 15.3. The lowest BCUT2D eigenvalue weighted by Gasteiger charge is -2.32. The van der Waals surface area contributed by atoms with E-state index in [2.05, 4.69) is 15.3 Å². The zero-order valence-electron chi connectivity index (χ0n) is 15.3. The smallest absolute Gasteiger partial charge is 0.400 e. The minimum Gasteiger partial charge on any atom is -0.400 e. The maximum atomic E-state index is 11.4. The quantitative estimate of drug-likeness (QED) is 0.839. The molecule has 0 radical (unpaired) electrons. The Balaban J connectivity index is 1.92. The summed E-state index contributed by atoms with van der Waals surface area (Å²) in [6.07, 6.45) is 5.62. The molecule has 0 unspecified atom stereocenters. The van der Waals surface area contributed by atoms with Crippen molar-refractivity contribution in [3.63, 3.8) is 0 Å². The number of hydrogen-bond donors (Lipinski definition) is 2. The van der Waals surface area contributed by atoms with Crippen LogP contribution in [0.3, 0.4) is 0 Å². The molecule has 1 saturated heterocycles. The molecule has 0 atom stereocenters. The van der Waals surface area contributed by atoms with Crippen LogP contribution in [0.1, 0.15) is 40.2 Å². The first-order valence-corrected chi connectivity index (χ1v) is 8.42. The van der Waals surface area contributed by atoms with Gasteiger partial charge in [0.1, 0.15) is 0 Å². The van der Waals surface area contributed by atoms with Gasteiger partial charge in [-0.3, -0.25) is 9.78 Å². The second-order valence-corrected chi connectivity index (χ2v) is 7.40. The summed E-state index contributed by atoms with van der Waals surface area (Å²) in [5.74, 6) is -0.0969. The summed E-state index contributed by atoms with van der Waals surface area (Å²) in [5.41, 5.74) is 2.77. The van der Waals surface area contributed by atoms with Crippen LogP contribution in [0.4, 0.5) is 0 Å². The van der Waals surface area contributed by atoms with Crippen molar-refractivity contribution in [2.45, 2.75) is 45.8 Å². The highest BCUT2D eigenvalue weighted by Crippen LogP contribution is 2.38. The van der Waals surface area contributed by atoms with Crippen LogP contribution in [0, 0.1) is 0 Å². The normalized spacial score (nSPS) is 19.4. The number of rotatable bonds is 4. The number of carbonyl (C=O) groups excluding carboxylic acids is 1. The van der Waals surface area contributed by atoms with E-state index in [0.29, 0.717) is 6.54 Å². The Hall–Kier alpha value is -2.12. The summed E-state index contributed by atoms with van der Waals surface area (Å²) in [5, 5.41) is 2.83. The van der Waals surface area contributed by atoms with Crippen molar-refractivity contribution >= 4 is 30.1 Å². The van der Waals surface area contributed by atoms with Gasteiger partial charge < -0.3 is 19.6 Å². The number of nitrogens with zero attached hydrogens (tertiary/aromatic N) is 1. The van der Waals surface area contributed by atoms with Crippen LogP contribution in [-0.2, 0) is 14.1 Å². The van der Waals surface area contributed by atoms with Crippen LogP contribution in [0.25, 0.3) is 17.1 Å². The number of fused-ring (bicyclic) bond motifs is 1. The Morgan fingerprint density at radius 2 is 2.00 bits per heavy atom. The predicted molar refractivity (Wildman–Crippen MR) is 98.8 cm³/mol. The molecular weight excluding hydrogens is 317 g/mol. The molecule has 1 aliphatic heterocycles. The molecule has 2 aromatic rings. The van der Waals surface area contributed by atoms with Crippen LogP contribution >= 0.6 is 0 Å². The highest BCUT2D eigenvalue weighted by atomic mass is 16.7. The molecule has 25 heavy (non-hydrogen) atoms. The number of pyridine rings is 1. The second kappa shape index (κ2) is 6.31. The Bertz CT molecular complexity index is 810. The number of amides is 1. The molecule has 132 valence electrons. The van der Waals surface area contributed by atoms with Gasteiger partial charge in [-0.05, 0) is 50.9 Å². The molecule has 0 spiro atoms. The van der Waals surface area contributed by atoms with E-state index >= 15 is 0 Å². The molecule has 7 heteroatoms. The monoisotopic (exact) mass is 341 g/mol. The van der Waals surface area contributed by atoms with Crippen molar-refractivity contribution in [1.29, 1.82) is 0 Å². The third-order valence-corrected chi connectivity index (χ3v) is 4.87. The van der Waals surface area contributed by atoms with Gasteiger partial charge in [0, 0.05) is 25.9 Å². The van der Waals surface area contributed by atoms with Crippen LogP contribution in [0.15, 0.2) is 30.0 Å². The molecule has 1 fully saturated rings. The van der Waals surface area contributed by atoms with Gasteiger partial charge in [-0.1, -0.05) is 6.08 Å². The van der Waals surface area contributed by atoms with Crippen molar-refractivity contribution in [3.05, 3.63) is 35.6 Å². The molecule has 3 rings (SSSR count). The standard InChI is InChI=1S/C18H24BN3O3/c1-12(23)21-11-14(19-24-17(2,3)18(4,5)25-19)8-13-9-16-15(22-10-13)6-7-20-16/h6-10,20H,11H2,1-5H3,(H,21,23). The molecular formula is C18H24BN3O3. The van der Waals surface area contributed by atoms with Gasteiger partial charge in [0.25, 0.3) is 0 Å². The van der Waals surface area contributed by atoms with Crippen molar-refractivity contribution in [1.82, 2.24) is 15.3 Å². The lowest BCUT2D eigenvalue weighted by atomic mass is 9.77. The van der Waals surface area contributed by atoms with Crippen molar-refractivity contribution < 1.29 is 14.1 Å². The topological polar surface area (TPSA) is 76.2 Å². The Morgan fingerprint density at radius 3 is 2.64 bits per heavy atom. The van der Waals surface area contributed by atoms with E-state index in [4.69, 9.17) is 9.31 Å². The first kappa shape index (κ1) is 17.7. The van der Waals surface area contributed by atoms with Crippen LogP contribution in [0.2, 0.25) is 0 Å². The SMILES string of the molecule is CC(=O)NCC(=Cc1cnc2cc[nH]c2c1)B1OC(C)(C)C(C)(C)O1. The minimum absolute atomic E-state index is 0.0969. The molecule has 2 aromatic heterocycles. The van der Waals surface area contributed by atoms with Gasteiger partial charge in [-0.25, -0.2) is 0 Å². The fourth-order valence-corrected chi connectivity index (χ4v) is 2.67. The first-order chi connectivity index (χ1) is 11.7. The van der Waals surface area contributed by atoms with E-state index in [0.717, 1.165) is 22.1 Å². The van der Waals surface area contributed by atoms with Gasteiger partial charge in [0.2, 0.25) is 5.91 Å². The molecule has 0 aromatic carbocycles. The van der Waals surface area contributed by atoms with Crippen molar-refractivity contribution in [2.75, 3.05) is 6.54 Å². The Morgan fingerprint density at radius 1 is 1.32 bits per heavy atom. The fraction of sp³-hybridized carbons (Fsp3) is 0.444. The van der Waals surface area contributed by atoms with Gasteiger partial charge >= 0.3 is 7.12 Å². The number of hydrogen-bond acceptors (Lipinski definition) is 4. The summed E-state index contributed by atoms with van der Waals surface area (Å²) >= 11 is 0. The maximum Gasteiger partial charge on any atom is 0.492 e. The third-order valence-electron chi connectivity index (χ3n) is 4.87. The molecule has 0 aliphatic carbocycles. The molecule has 3 heterocycles. The Kier molecular flexibility index (Phi) is 4.47. The zero-order chi connectivity index (χ0) is 18.2. The van der Waals surface area contributed by atoms with E-state index in [-0.39, 0.29) is 5.91 Å². The lowest BCUT2D eigenvalue weighted by molar-refractivity contribution is -0.118. The number of H-pyrrole nitrogens is 1. The molecule has 0 saturated carbocycles. The number of aromatic nitrogens is 2. The fourth-order valence-electron chi connectivity index (χ4n) is 2.67. The summed E-state index contributed by atoms with van der Waals surface area (Å²) in [6, 6.07) is 3.94. The number of nitrogens with one attached hydrogen (secondary N) is 2. The van der Waals surface area contributed by atoms with Gasteiger partial charge in [-0.2, -0.15) is 0 Å². The summed E-state index contributed by atoms with van der Waals surface area (Å²) in [6.45, 7) is 9.89. The van der Waals surface area contributed by atoms with Gasteiger partial charge in [-0.15, -0.1) is 0 Å². The first-order valence-electron chi connectivity index (χ1n) is 8.42. The average Bonchev–Trinajstić information content (AvgIpc) is 3.05. The van der Waals surface area contributed by atoms with E-state index < -0.39 is 18.3 Å². The average molecular weight is 341 g/mol. The summed E-state index contributed by atoms with van der Waals surface area (Å²) in [7, 11) is -0.517. The number of carbonyl (C=O) groups is 1. The summed E-state index contributed by atoms with van der Waals surface area (Å²) < 4.78 is 12.3. The molecule has 6 nitrogen and oxygen atoms in total. The molecule has 2 N–H and O–H groups in total. The third kappa shape index (κ3) is 3.62. The van der Waals surface area contributed by atoms with Crippen molar-refractivity contribution in [3.8, 4) is 0 Å². The minimum atomic E-state index is -0.517.